The van der Waals surface area contributed by atoms with Gasteiger partial charge in [-0.1, -0.05) is 83.0 Å². The average molecular weight is 499 g/mol. The Morgan fingerprint density at radius 3 is 2.59 bits per heavy atom. The van der Waals surface area contributed by atoms with Crippen molar-refractivity contribution in [2.45, 2.75) is 32.1 Å². The number of rotatable bonds is 10. The first kappa shape index (κ1) is 24.6. The number of nitrogens with zero attached hydrogens (tertiary/aromatic N) is 2. The van der Waals surface area contributed by atoms with Crippen LogP contribution < -0.4 is 4.74 Å². The lowest BCUT2D eigenvalue weighted by Gasteiger charge is -2.27. The van der Waals surface area contributed by atoms with Gasteiger partial charge in [-0.2, -0.15) is 0 Å². The van der Waals surface area contributed by atoms with Gasteiger partial charge < -0.3 is 14.7 Å². The van der Waals surface area contributed by atoms with Crippen LogP contribution in [0, 0.1) is 6.92 Å². The van der Waals surface area contributed by atoms with Gasteiger partial charge in [0, 0.05) is 31.6 Å². The molecule has 1 aliphatic heterocycles. The Labute approximate surface area is 210 Å². The van der Waals surface area contributed by atoms with Crippen molar-refractivity contribution in [2.24, 2.45) is 5.16 Å². The van der Waals surface area contributed by atoms with Crippen molar-refractivity contribution in [3.63, 3.8) is 0 Å². The van der Waals surface area contributed by atoms with Crippen LogP contribution in [0.15, 0.2) is 78.0 Å². The van der Waals surface area contributed by atoms with E-state index in [9.17, 15) is 5.11 Å². The number of benzene rings is 3. The van der Waals surface area contributed by atoms with Crippen molar-refractivity contribution < 1.29 is 14.7 Å². The molecule has 0 aliphatic carbocycles. The molecular formula is C27H28Cl2N2O3. The molecule has 0 bridgehead atoms. The third-order valence-electron chi connectivity index (χ3n) is 5.69. The second kappa shape index (κ2) is 11.7. The number of halogens is 2. The van der Waals surface area contributed by atoms with Crippen molar-refractivity contribution in [1.29, 1.82) is 0 Å². The van der Waals surface area contributed by atoms with Gasteiger partial charge in [0.1, 0.15) is 24.6 Å². The van der Waals surface area contributed by atoms with Crippen molar-refractivity contribution in [3.05, 3.63) is 99.5 Å². The second-order valence-corrected chi connectivity index (χ2v) is 9.32. The minimum Gasteiger partial charge on any atom is -0.491 e. The molecular weight excluding hydrogens is 471 g/mol. The maximum atomic E-state index is 10.7. The maximum absolute atomic E-state index is 10.7. The van der Waals surface area contributed by atoms with Crippen LogP contribution in [0.2, 0.25) is 10.0 Å². The molecule has 5 nitrogen and oxygen atoms in total. The van der Waals surface area contributed by atoms with Gasteiger partial charge >= 0.3 is 0 Å². The summed E-state index contributed by atoms with van der Waals surface area (Å²) in [5, 5.41) is 16.0. The van der Waals surface area contributed by atoms with E-state index in [1.807, 2.05) is 61.5 Å². The molecule has 1 heterocycles. The van der Waals surface area contributed by atoms with Crippen LogP contribution in [0.3, 0.4) is 0 Å². The minimum absolute atomic E-state index is 0.127. The van der Waals surface area contributed by atoms with Crippen LogP contribution in [0.5, 0.6) is 5.75 Å². The van der Waals surface area contributed by atoms with Gasteiger partial charge in [-0.05, 0) is 36.2 Å². The van der Waals surface area contributed by atoms with E-state index in [1.54, 1.807) is 6.07 Å². The van der Waals surface area contributed by atoms with Gasteiger partial charge in [0.15, 0.2) is 0 Å². The number of hydrogen-bond acceptors (Lipinski definition) is 5. The van der Waals surface area contributed by atoms with Crippen molar-refractivity contribution in [2.75, 3.05) is 19.7 Å². The topological polar surface area (TPSA) is 54.3 Å². The van der Waals surface area contributed by atoms with Crippen molar-refractivity contribution in [3.8, 4) is 5.75 Å². The van der Waals surface area contributed by atoms with Crippen LogP contribution in [-0.2, 0) is 11.4 Å². The van der Waals surface area contributed by atoms with E-state index in [1.165, 1.54) is 0 Å². The Balaban J connectivity index is 1.37. The summed E-state index contributed by atoms with van der Waals surface area (Å²) >= 11 is 12.2. The summed E-state index contributed by atoms with van der Waals surface area (Å²) < 4.78 is 5.86. The SMILES string of the molecule is Cc1ccccc1OC[C@H](O)CN(Cc1ccccc1)C[C@H]1CC(c2ccc(Cl)c(Cl)c2)=NO1. The summed E-state index contributed by atoms with van der Waals surface area (Å²) in [5.74, 6) is 0.787. The Morgan fingerprint density at radius 1 is 1.06 bits per heavy atom. The number of para-hydroxylation sites is 1. The first-order valence-corrected chi connectivity index (χ1v) is 12.0. The van der Waals surface area contributed by atoms with Gasteiger partial charge in [0.05, 0.1) is 15.8 Å². The molecule has 0 amide bonds. The predicted molar refractivity (Wildman–Crippen MR) is 137 cm³/mol. The second-order valence-electron chi connectivity index (χ2n) is 8.51. The fourth-order valence-electron chi connectivity index (χ4n) is 3.96. The van der Waals surface area contributed by atoms with Crippen LogP contribution in [0.25, 0.3) is 0 Å². The molecule has 178 valence electrons. The summed E-state index contributed by atoms with van der Waals surface area (Å²) in [5.41, 5.74) is 3.95. The highest BCUT2D eigenvalue weighted by molar-refractivity contribution is 6.42. The molecule has 3 aromatic rings. The molecule has 0 spiro atoms. The summed E-state index contributed by atoms with van der Waals surface area (Å²) in [6, 6.07) is 23.5. The summed E-state index contributed by atoms with van der Waals surface area (Å²) in [4.78, 5) is 7.92. The van der Waals surface area contributed by atoms with Crippen molar-refractivity contribution >= 4 is 28.9 Å². The molecule has 3 aromatic carbocycles. The quantitative estimate of drug-likeness (QED) is 0.387. The van der Waals surface area contributed by atoms with Gasteiger partial charge in [0.2, 0.25) is 0 Å². The Kier molecular flexibility index (Phi) is 8.46. The third kappa shape index (κ3) is 6.73. The highest BCUT2D eigenvalue weighted by atomic mass is 35.5. The van der Waals surface area contributed by atoms with Crippen LogP contribution >= 0.6 is 23.2 Å². The predicted octanol–water partition coefficient (Wildman–Crippen LogP) is 5.74. The number of ether oxygens (including phenoxy) is 1. The molecule has 1 N–H and O–H groups in total. The number of aliphatic hydroxyl groups excluding tert-OH is 1. The molecule has 0 radical (unpaired) electrons. The molecule has 4 rings (SSSR count). The average Bonchev–Trinajstić information content (AvgIpc) is 3.29. The molecule has 2 atom stereocenters. The largest absolute Gasteiger partial charge is 0.491 e. The van der Waals surface area contributed by atoms with E-state index >= 15 is 0 Å². The van der Waals surface area contributed by atoms with Crippen molar-refractivity contribution in [1.82, 2.24) is 4.90 Å². The molecule has 7 heteroatoms. The van der Waals surface area contributed by atoms with E-state index in [4.69, 9.17) is 32.8 Å². The van der Waals surface area contributed by atoms with Gasteiger partial charge in [-0.15, -0.1) is 0 Å². The first-order chi connectivity index (χ1) is 16.5. The van der Waals surface area contributed by atoms with Gasteiger partial charge in [0.25, 0.3) is 0 Å². The Morgan fingerprint density at radius 2 is 1.82 bits per heavy atom. The van der Waals surface area contributed by atoms with E-state index in [2.05, 4.69) is 22.2 Å². The number of oxime groups is 1. The van der Waals surface area contributed by atoms with Crippen LogP contribution in [-0.4, -0.2) is 47.6 Å². The van der Waals surface area contributed by atoms with E-state index in [0.29, 0.717) is 36.1 Å². The minimum atomic E-state index is -0.653. The lowest BCUT2D eigenvalue weighted by atomic mass is 10.0. The molecule has 1 aliphatic rings. The third-order valence-corrected chi connectivity index (χ3v) is 6.43. The first-order valence-electron chi connectivity index (χ1n) is 11.3. The lowest BCUT2D eigenvalue weighted by molar-refractivity contribution is 0.0212. The van der Waals surface area contributed by atoms with Crippen LogP contribution in [0.4, 0.5) is 0 Å². The lowest BCUT2D eigenvalue weighted by Crippen LogP contribution is -2.39. The van der Waals surface area contributed by atoms with E-state index < -0.39 is 6.10 Å². The standard InChI is InChI=1S/C27H28Cl2N2O3/c1-19-7-5-6-10-27(19)33-18-22(32)16-31(15-20-8-3-2-4-9-20)17-23-14-26(30-34-23)21-11-12-24(28)25(29)13-21/h2-13,22-23,32H,14-18H2,1H3/t22-,23-/m1/s1. The molecule has 34 heavy (non-hydrogen) atoms. The molecule has 0 aromatic heterocycles. The van der Waals surface area contributed by atoms with Crippen LogP contribution in [0.1, 0.15) is 23.1 Å². The Hall–Kier alpha value is -2.57. The smallest absolute Gasteiger partial charge is 0.145 e. The number of hydrogen-bond donors (Lipinski definition) is 1. The Bertz CT molecular complexity index is 1120. The number of aryl methyl sites for hydroxylation is 1. The summed E-state index contributed by atoms with van der Waals surface area (Å²) in [6.45, 7) is 3.95. The monoisotopic (exact) mass is 498 g/mol. The zero-order valence-electron chi connectivity index (χ0n) is 19.0. The van der Waals surface area contributed by atoms with Gasteiger partial charge in [-0.25, -0.2) is 0 Å². The highest BCUT2D eigenvalue weighted by Crippen LogP contribution is 2.26. The fourth-order valence-corrected chi connectivity index (χ4v) is 4.26. The fraction of sp³-hybridized carbons (Fsp3) is 0.296. The molecule has 0 saturated heterocycles. The van der Waals surface area contributed by atoms with E-state index in [0.717, 1.165) is 28.2 Å². The zero-order valence-corrected chi connectivity index (χ0v) is 20.5. The van der Waals surface area contributed by atoms with Gasteiger partial charge in [-0.3, -0.25) is 4.90 Å². The zero-order chi connectivity index (χ0) is 23.9. The summed E-state index contributed by atoms with van der Waals surface area (Å²) in [7, 11) is 0. The normalized spacial score (nSPS) is 16.3. The highest BCUT2D eigenvalue weighted by Gasteiger charge is 2.26. The number of aliphatic hydroxyl groups is 1. The molecule has 0 fully saturated rings. The molecule has 0 saturated carbocycles. The van der Waals surface area contributed by atoms with E-state index in [-0.39, 0.29) is 12.7 Å². The summed E-state index contributed by atoms with van der Waals surface area (Å²) in [6.07, 6.45) is -0.128. The molecule has 0 unspecified atom stereocenters. The maximum Gasteiger partial charge on any atom is 0.145 e.